The van der Waals surface area contributed by atoms with Gasteiger partial charge in [-0.3, -0.25) is 4.79 Å². The van der Waals surface area contributed by atoms with Gasteiger partial charge in [0.25, 0.3) is 0 Å². The third-order valence-electron chi connectivity index (χ3n) is 5.75. The molecular weight excluding hydrogens is 461 g/mol. The number of hydrogen-bond donors (Lipinski definition) is 1. The second-order valence-corrected chi connectivity index (χ2v) is 9.93. The Labute approximate surface area is 197 Å². The molecule has 1 aliphatic rings. The fraction of sp³-hybridized carbons (Fsp3) is 0.348. The lowest BCUT2D eigenvalue weighted by molar-refractivity contribution is -0.132. The fourth-order valence-corrected chi connectivity index (χ4v) is 5.37. The zero-order chi connectivity index (χ0) is 24.5. The molecule has 1 amide bonds. The number of hydrogen-bond acceptors (Lipinski definition) is 7. The van der Waals surface area contributed by atoms with Crippen molar-refractivity contribution in [2.24, 2.45) is 0 Å². The molecule has 3 aromatic rings. The summed E-state index contributed by atoms with van der Waals surface area (Å²) in [5, 5.41) is 3.84. The van der Waals surface area contributed by atoms with Crippen LogP contribution in [0.2, 0.25) is 0 Å². The second-order valence-electron chi connectivity index (χ2n) is 8.25. The molecule has 0 unspecified atom stereocenters. The Morgan fingerprint density at radius 1 is 1.09 bits per heavy atom. The number of aryl methyl sites for hydroxylation is 2. The first-order valence-corrected chi connectivity index (χ1v) is 12.4. The molecule has 1 saturated heterocycles. The average molecular weight is 488 g/mol. The molecule has 0 aliphatic carbocycles. The van der Waals surface area contributed by atoms with Gasteiger partial charge in [-0.05, 0) is 49.7 Å². The minimum atomic E-state index is -3.99. The van der Waals surface area contributed by atoms with Gasteiger partial charge in [0.1, 0.15) is 5.82 Å². The molecule has 11 heteroatoms. The zero-order valence-corrected chi connectivity index (χ0v) is 20.0. The SMILES string of the molecule is Cc1nc(-c2ccc(C)c(S(=O)(=O)N[C@H](C)C(=O)N3CCN(c4ccc(F)cc4)CC3)c2)no1. The summed E-state index contributed by atoms with van der Waals surface area (Å²) in [7, 11) is -3.99. The monoisotopic (exact) mass is 487 g/mol. The van der Waals surface area contributed by atoms with Gasteiger partial charge in [-0.2, -0.15) is 9.71 Å². The number of sulfonamides is 1. The maximum absolute atomic E-state index is 13.2. The van der Waals surface area contributed by atoms with E-state index in [1.807, 2.05) is 0 Å². The molecule has 2 heterocycles. The van der Waals surface area contributed by atoms with Crippen LogP contribution in [-0.2, 0) is 14.8 Å². The molecule has 9 nitrogen and oxygen atoms in total. The van der Waals surface area contributed by atoms with Crippen molar-refractivity contribution in [2.75, 3.05) is 31.1 Å². The maximum Gasteiger partial charge on any atom is 0.241 e. The summed E-state index contributed by atoms with van der Waals surface area (Å²) >= 11 is 0. The lowest BCUT2D eigenvalue weighted by Gasteiger charge is -2.37. The van der Waals surface area contributed by atoms with Gasteiger partial charge < -0.3 is 14.3 Å². The molecule has 1 atom stereocenters. The first-order chi connectivity index (χ1) is 16.1. The van der Waals surface area contributed by atoms with Gasteiger partial charge in [0.2, 0.25) is 27.6 Å². The van der Waals surface area contributed by atoms with E-state index in [-0.39, 0.29) is 22.4 Å². The minimum absolute atomic E-state index is 0.0493. The van der Waals surface area contributed by atoms with E-state index < -0.39 is 16.1 Å². The predicted octanol–water partition coefficient (Wildman–Crippen LogP) is 2.51. The van der Waals surface area contributed by atoms with Crippen molar-refractivity contribution in [1.29, 1.82) is 0 Å². The Kier molecular flexibility index (Phi) is 6.67. The molecule has 2 aromatic carbocycles. The van der Waals surface area contributed by atoms with Gasteiger partial charge in [-0.25, -0.2) is 12.8 Å². The zero-order valence-electron chi connectivity index (χ0n) is 19.2. The van der Waals surface area contributed by atoms with Crippen molar-refractivity contribution in [3.05, 3.63) is 59.7 Å². The first-order valence-electron chi connectivity index (χ1n) is 10.9. The predicted molar refractivity (Wildman–Crippen MR) is 124 cm³/mol. The van der Waals surface area contributed by atoms with Gasteiger partial charge in [0.05, 0.1) is 10.9 Å². The Morgan fingerprint density at radius 3 is 2.38 bits per heavy atom. The quantitative estimate of drug-likeness (QED) is 0.569. The van der Waals surface area contributed by atoms with Crippen molar-refractivity contribution in [3.63, 3.8) is 0 Å². The number of rotatable bonds is 6. The summed E-state index contributed by atoms with van der Waals surface area (Å²) in [5.74, 6) is 0.0609. The highest BCUT2D eigenvalue weighted by Crippen LogP contribution is 2.24. The van der Waals surface area contributed by atoms with E-state index in [4.69, 9.17) is 4.52 Å². The van der Waals surface area contributed by atoms with Crippen molar-refractivity contribution >= 4 is 21.6 Å². The lowest BCUT2D eigenvalue weighted by atomic mass is 10.1. The summed E-state index contributed by atoms with van der Waals surface area (Å²) in [6, 6.07) is 10.1. The largest absolute Gasteiger partial charge is 0.368 e. The first kappa shape index (κ1) is 23.8. The van der Waals surface area contributed by atoms with Crippen LogP contribution in [0.4, 0.5) is 10.1 Å². The standard InChI is InChI=1S/C23H26FN5O4S/c1-15-4-5-18(22-25-17(3)33-26-22)14-21(15)34(31,32)27-16(2)23(30)29-12-10-28(11-13-29)20-8-6-19(24)7-9-20/h4-9,14,16,27H,10-13H2,1-3H3/t16-/m1/s1. The van der Waals surface area contributed by atoms with Crippen molar-refractivity contribution < 1.29 is 22.1 Å². The van der Waals surface area contributed by atoms with E-state index >= 15 is 0 Å². The van der Waals surface area contributed by atoms with Crippen LogP contribution in [0.3, 0.4) is 0 Å². The highest BCUT2D eigenvalue weighted by atomic mass is 32.2. The van der Waals surface area contributed by atoms with Crippen LogP contribution in [0.5, 0.6) is 0 Å². The molecule has 34 heavy (non-hydrogen) atoms. The van der Waals surface area contributed by atoms with Crippen LogP contribution in [0.25, 0.3) is 11.4 Å². The molecule has 1 N–H and O–H groups in total. The van der Waals surface area contributed by atoms with Crippen molar-refractivity contribution in [2.45, 2.75) is 31.7 Å². The molecule has 0 bridgehead atoms. The third-order valence-corrected chi connectivity index (χ3v) is 7.43. The topological polar surface area (TPSA) is 109 Å². The Morgan fingerprint density at radius 2 is 1.76 bits per heavy atom. The van der Waals surface area contributed by atoms with Crippen LogP contribution in [0.15, 0.2) is 51.9 Å². The van der Waals surface area contributed by atoms with Crippen LogP contribution >= 0.6 is 0 Å². The van der Waals surface area contributed by atoms with Crippen molar-refractivity contribution in [3.8, 4) is 11.4 Å². The average Bonchev–Trinajstić information content (AvgIpc) is 3.25. The number of nitrogens with one attached hydrogen (secondary N) is 1. The van der Waals surface area contributed by atoms with Gasteiger partial charge in [0.15, 0.2) is 0 Å². The smallest absolute Gasteiger partial charge is 0.241 e. The van der Waals surface area contributed by atoms with Crippen LogP contribution in [-0.4, -0.2) is 61.6 Å². The van der Waals surface area contributed by atoms with Crippen LogP contribution in [0, 0.1) is 19.7 Å². The van der Waals surface area contributed by atoms with E-state index in [1.54, 1.807) is 43.0 Å². The highest BCUT2D eigenvalue weighted by molar-refractivity contribution is 7.89. The van der Waals surface area contributed by atoms with E-state index in [1.165, 1.54) is 25.1 Å². The van der Waals surface area contributed by atoms with Gasteiger partial charge in [0, 0.05) is 44.4 Å². The number of anilines is 1. The third kappa shape index (κ3) is 5.10. The Bertz CT molecular complexity index is 1280. The van der Waals surface area contributed by atoms with Gasteiger partial charge in [-0.15, -0.1) is 0 Å². The number of piperazine rings is 1. The summed E-state index contributed by atoms with van der Waals surface area (Å²) in [6.45, 7) is 6.89. The molecule has 1 fully saturated rings. The molecule has 0 radical (unpaired) electrons. The Balaban J connectivity index is 1.42. The van der Waals surface area contributed by atoms with Crippen molar-refractivity contribution in [1.82, 2.24) is 19.8 Å². The summed E-state index contributed by atoms with van der Waals surface area (Å²) in [4.78, 5) is 20.9. The van der Waals surface area contributed by atoms with E-state index in [2.05, 4.69) is 19.8 Å². The number of aromatic nitrogens is 2. The van der Waals surface area contributed by atoms with Gasteiger partial charge >= 0.3 is 0 Å². The molecular formula is C23H26FN5O4S. The highest BCUT2D eigenvalue weighted by Gasteiger charge is 2.29. The molecule has 1 aliphatic heterocycles. The molecule has 180 valence electrons. The van der Waals surface area contributed by atoms with E-state index in [9.17, 15) is 17.6 Å². The summed E-state index contributed by atoms with van der Waals surface area (Å²) < 4.78 is 46.9. The fourth-order valence-electron chi connectivity index (χ4n) is 3.90. The number of amides is 1. The summed E-state index contributed by atoms with van der Waals surface area (Å²) in [5.41, 5.74) is 1.91. The normalized spacial score (nSPS) is 15.4. The molecule has 0 saturated carbocycles. The molecule has 1 aromatic heterocycles. The number of nitrogens with zero attached hydrogens (tertiary/aromatic N) is 4. The number of halogens is 1. The number of benzene rings is 2. The second kappa shape index (κ2) is 9.51. The maximum atomic E-state index is 13.2. The lowest BCUT2D eigenvalue weighted by Crippen LogP contribution is -2.54. The number of carbonyl (C=O) groups is 1. The molecule has 0 spiro atoms. The van der Waals surface area contributed by atoms with E-state index in [0.717, 1.165) is 5.69 Å². The van der Waals surface area contributed by atoms with Crippen LogP contribution in [0.1, 0.15) is 18.4 Å². The van der Waals surface area contributed by atoms with Gasteiger partial charge in [-0.1, -0.05) is 17.3 Å². The van der Waals surface area contributed by atoms with E-state index in [0.29, 0.717) is 43.2 Å². The number of carbonyl (C=O) groups excluding carboxylic acids is 1. The minimum Gasteiger partial charge on any atom is -0.368 e. The summed E-state index contributed by atoms with van der Waals surface area (Å²) in [6.07, 6.45) is 0. The Hall–Kier alpha value is -3.31. The molecule has 4 rings (SSSR count). The van der Waals surface area contributed by atoms with Crippen LogP contribution < -0.4 is 9.62 Å².